The van der Waals surface area contributed by atoms with E-state index in [-0.39, 0.29) is 6.10 Å². The van der Waals surface area contributed by atoms with Crippen LogP contribution in [0.5, 0.6) is 0 Å². The van der Waals surface area contributed by atoms with Crippen molar-refractivity contribution in [3.8, 4) is 0 Å². The summed E-state index contributed by atoms with van der Waals surface area (Å²) in [6.45, 7) is 3.36. The molecule has 0 aromatic heterocycles. The smallest absolute Gasteiger partial charge is 0.0695 e. The Labute approximate surface area is 93.7 Å². The molecule has 2 unspecified atom stereocenters. The van der Waals surface area contributed by atoms with Gasteiger partial charge in [0.25, 0.3) is 0 Å². The van der Waals surface area contributed by atoms with Crippen molar-refractivity contribution >= 4 is 0 Å². The van der Waals surface area contributed by atoms with Gasteiger partial charge in [0.15, 0.2) is 0 Å². The van der Waals surface area contributed by atoms with Crippen molar-refractivity contribution in [3.63, 3.8) is 0 Å². The van der Waals surface area contributed by atoms with Crippen molar-refractivity contribution < 1.29 is 5.11 Å². The van der Waals surface area contributed by atoms with E-state index in [9.17, 15) is 5.11 Å². The molecule has 0 aromatic rings. The summed E-state index contributed by atoms with van der Waals surface area (Å²) >= 11 is 0. The molecule has 2 fully saturated rings. The van der Waals surface area contributed by atoms with Crippen LogP contribution in [0.15, 0.2) is 0 Å². The van der Waals surface area contributed by atoms with E-state index in [2.05, 4.69) is 11.8 Å². The van der Waals surface area contributed by atoms with Crippen LogP contribution < -0.4 is 0 Å². The SMILES string of the molecule is CCN(C1CC1)C1CCCCCCC1O. The summed E-state index contributed by atoms with van der Waals surface area (Å²) in [5.41, 5.74) is 0. The van der Waals surface area contributed by atoms with Crippen molar-refractivity contribution in [2.24, 2.45) is 0 Å². The van der Waals surface area contributed by atoms with E-state index in [0.717, 1.165) is 19.0 Å². The van der Waals surface area contributed by atoms with Crippen molar-refractivity contribution in [2.75, 3.05) is 6.54 Å². The molecule has 0 radical (unpaired) electrons. The molecule has 0 amide bonds. The number of nitrogens with zero attached hydrogens (tertiary/aromatic N) is 1. The van der Waals surface area contributed by atoms with Gasteiger partial charge in [-0.2, -0.15) is 0 Å². The number of aliphatic hydroxyl groups excluding tert-OH is 1. The number of likely N-dealkylation sites (N-methyl/N-ethyl adjacent to an activating group) is 1. The lowest BCUT2D eigenvalue weighted by Gasteiger charge is -2.35. The Kier molecular flexibility index (Phi) is 4.04. The average Bonchev–Trinajstić information content (AvgIpc) is 3.01. The Morgan fingerprint density at radius 3 is 2.27 bits per heavy atom. The first kappa shape index (κ1) is 11.4. The lowest BCUT2D eigenvalue weighted by Crippen LogP contribution is -2.45. The molecule has 2 aliphatic rings. The predicted molar refractivity (Wildman–Crippen MR) is 62.9 cm³/mol. The maximum absolute atomic E-state index is 10.2. The maximum Gasteiger partial charge on any atom is 0.0695 e. The Morgan fingerprint density at radius 2 is 1.67 bits per heavy atom. The minimum Gasteiger partial charge on any atom is -0.391 e. The van der Waals surface area contributed by atoms with Crippen molar-refractivity contribution in [2.45, 2.75) is 76.5 Å². The highest BCUT2D eigenvalue weighted by Gasteiger charge is 2.35. The zero-order chi connectivity index (χ0) is 10.7. The molecule has 2 aliphatic carbocycles. The van der Waals surface area contributed by atoms with Gasteiger partial charge in [0, 0.05) is 12.1 Å². The van der Waals surface area contributed by atoms with Crippen LogP contribution >= 0.6 is 0 Å². The molecular formula is C13H25NO. The van der Waals surface area contributed by atoms with E-state index >= 15 is 0 Å². The lowest BCUT2D eigenvalue weighted by molar-refractivity contribution is 0.0294. The van der Waals surface area contributed by atoms with Crippen LogP contribution in [0.2, 0.25) is 0 Å². The van der Waals surface area contributed by atoms with Crippen LogP contribution in [-0.4, -0.2) is 34.7 Å². The molecule has 0 aliphatic heterocycles. The number of rotatable bonds is 3. The minimum absolute atomic E-state index is 0.0640. The summed E-state index contributed by atoms with van der Waals surface area (Å²) in [6, 6.07) is 1.26. The fourth-order valence-corrected chi connectivity index (χ4v) is 3.00. The number of hydrogen-bond acceptors (Lipinski definition) is 2. The first-order valence-corrected chi connectivity index (χ1v) is 6.76. The van der Waals surface area contributed by atoms with Gasteiger partial charge in [0.2, 0.25) is 0 Å². The standard InChI is InChI=1S/C13H25NO/c1-2-14(11-9-10-11)12-7-5-3-4-6-8-13(12)15/h11-13,15H,2-10H2,1H3. The molecule has 2 nitrogen and oxygen atoms in total. The van der Waals surface area contributed by atoms with Gasteiger partial charge < -0.3 is 5.11 Å². The lowest BCUT2D eigenvalue weighted by atomic mass is 9.93. The Bertz CT molecular complexity index is 191. The normalized spacial score (nSPS) is 33.8. The highest BCUT2D eigenvalue weighted by molar-refractivity contribution is 4.91. The van der Waals surface area contributed by atoms with Gasteiger partial charge in [-0.3, -0.25) is 4.90 Å². The molecule has 0 heterocycles. The zero-order valence-electron chi connectivity index (χ0n) is 9.99. The van der Waals surface area contributed by atoms with E-state index in [0.29, 0.717) is 6.04 Å². The quantitative estimate of drug-likeness (QED) is 0.775. The molecule has 0 spiro atoms. The summed E-state index contributed by atoms with van der Waals surface area (Å²) in [4.78, 5) is 2.57. The van der Waals surface area contributed by atoms with E-state index < -0.39 is 0 Å². The van der Waals surface area contributed by atoms with Gasteiger partial charge in [-0.1, -0.05) is 32.6 Å². The number of hydrogen-bond donors (Lipinski definition) is 1. The molecule has 2 heteroatoms. The van der Waals surface area contributed by atoms with Gasteiger partial charge in [-0.15, -0.1) is 0 Å². The van der Waals surface area contributed by atoms with E-state index in [1.54, 1.807) is 0 Å². The van der Waals surface area contributed by atoms with Gasteiger partial charge >= 0.3 is 0 Å². The monoisotopic (exact) mass is 211 g/mol. The second kappa shape index (κ2) is 5.31. The zero-order valence-corrected chi connectivity index (χ0v) is 9.99. The minimum atomic E-state index is -0.0640. The van der Waals surface area contributed by atoms with Crippen molar-refractivity contribution in [1.82, 2.24) is 4.90 Å². The third-order valence-electron chi connectivity index (χ3n) is 4.00. The molecule has 15 heavy (non-hydrogen) atoms. The predicted octanol–water partition coefficient (Wildman–Crippen LogP) is 2.55. The fourth-order valence-electron chi connectivity index (χ4n) is 3.00. The largest absolute Gasteiger partial charge is 0.391 e. The van der Waals surface area contributed by atoms with Gasteiger partial charge in [0.05, 0.1) is 6.10 Å². The molecule has 88 valence electrons. The second-order valence-corrected chi connectivity index (χ2v) is 5.19. The third-order valence-corrected chi connectivity index (χ3v) is 4.00. The molecule has 1 N–H and O–H groups in total. The van der Waals surface area contributed by atoms with Gasteiger partial charge in [0.1, 0.15) is 0 Å². The maximum atomic E-state index is 10.2. The molecule has 2 saturated carbocycles. The summed E-state index contributed by atoms with van der Waals surface area (Å²) in [6.07, 6.45) is 10.1. The molecule has 0 saturated heterocycles. The number of aliphatic hydroxyl groups is 1. The molecule has 0 aromatic carbocycles. The Morgan fingerprint density at radius 1 is 1.00 bits per heavy atom. The highest BCUT2D eigenvalue weighted by Crippen LogP contribution is 2.32. The van der Waals surface area contributed by atoms with Gasteiger partial charge in [-0.05, 0) is 32.2 Å². The topological polar surface area (TPSA) is 23.5 Å². The summed E-state index contributed by atoms with van der Waals surface area (Å²) in [7, 11) is 0. The van der Waals surface area contributed by atoms with Crippen LogP contribution in [0, 0.1) is 0 Å². The van der Waals surface area contributed by atoms with Crippen molar-refractivity contribution in [3.05, 3.63) is 0 Å². The average molecular weight is 211 g/mol. The Hall–Kier alpha value is -0.0800. The van der Waals surface area contributed by atoms with E-state index in [1.807, 2.05) is 0 Å². The first-order valence-electron chi connectivity index (χ1n) is 6.76. The van der Waals surface area contributed by atoms with Gasteiger partial charge in [-0.25, -0.2) is 0 Å². The molecule has 2 rings (SSSR count). The van der Waals surface area contributed by atoms with Crippen molar-refractivity contribution in [1.29, 1.82) is 0 Å². The third kappa shape index (κ3) is 2.94. The molecule has 0 bridgehead atoms. The summed E-state index contributed by atoms with van der Waals surface area (Å²) < 4.78 is 0. The van der Waals surface area contributed by atoms with Crippen LogP contribution in [0.25, 0.3) is 0 Å². The van der Waals surface area contributed by atoms with E-state index in [1.165, 1.54) is 44.9 Å². The van der Waals surface area contributed by atoms with Crippen LogP contribution in [0.4, 0.5) is 0 Å². The van der Waals surface area contributed by atoms with Crippen LogP contribution in [0.1, 0.15) is 58.3 Å². The second-order valence-electron chi connectivity index (χ2n) is 5.19. The summed E-state index contributed by atoms with van der Waals surface area (Å²) in [5.74, 6) is 0. The van der Waals surface area contributed by atoms with Crippen LogP contribution in [0.3, 0.4) is 0 Å². The Balaban J connectivity index is 1.94. The highest BCUT2D eigenvalue weighted by atomic mass is 16.3. The molecular weight excluding hydrogens is 186 g/mol. The fraction of sp³-hybridized carbons (Fsp3) is 1.00. The summed E-state index contributed by atoms with van der Waals surface area (Å²) in [5, 5.41) is 10.2. The van der Waals surface area contributed by atoms with E-state index in [4.69, 9.17) is 0 Å². The first-order chi connectivity index (χ1) is 7.33. The van der Waals surface area contributed by atoms with Crippen LogP contribution in [-0.2, 0) is 0 Å². The molecule has 2 atom stereocenters.